The van der Waals surface area contributed by atoms with Gasteiger partial charge in [0.15, 0.2) is 0 Å². The number of methoxy groups -OCH3 is 1. The van der Waals surface area contributed by atoms with Gasteiger partial charge in [-0.25, -0.2) is 9.97 Å². The number of carbonyl (C=O) groups excluding carboxylic acids is 1. The number of rotatable bonds is 4. The van der Waals surface area contributed by atoms with E-state index in [4.69, 9.17) is 4.74 Å². The van der Waals surface area contributed by atoms with Gasteiger partial charge < -0.3 is 15.0 Å². The van der Waals surface area contributed by atoms with Crippen molar-refractivity contribution in [1.82, 2.24) is 9.97 Å². The third kappa shape index (κ3) is 3.64. The minimum atomic E-state index is -0.252. The first-order valence-electron chi connectivity index (χ1n) is 8.18. The molecule has 0 radical (unpaired) electrons. The Morgan fingerprint density at radius 1 is 1.21 bits per heavy atom. The molecule has 0 bridgehead atoms. The third-order valence-corrected chi connectivity index (χ3v) is 4.32. The molecule has 1 aromatic carbocycles. The average molecular weight is 326 g/mol. The standard InChI is InChI=1S/C18H22N4O2/c1-13-7-9-22(10-8-13)18-19-11-14(12-20-18)17(23)21-15-5-3-4-6-16(15)24-2/h3-6,11-13H,7-10H2,1-2H3,(H,21,23). The molecule has 0 aliphatic carbocycles. The van der Waals surface area contributed by atoms with Gasteiger partial charge in [0.2, 0.25) is 5.95 Å². The van der Waals surface area contributed by atoms with E-state index in [0.717, 1.165) is 31.8 Å². The highest BCUT2D eigenvalue weighted by Crippen LogP contribution is 2.24. The summed E-state index contributed by atoms with van der Waals surface area (Å²) in [5.74, 6) is 1.81. The number of benzene rings is 1. The molecular formula is C18H22N4O2. The molecule has 3 rings (SSSR count). The Kier molecular flexibility index (Phi) is 4.93. The van der Waals surface area contributed by atoms with E-state index in [9.17, 15) is 4.79 Å². The second-order valence-electron chi connectivity index (χ2n) is 6.10. The quantitative estimate of drug-likeness (QED) is 0.935. The summed E-state index contributed by atoms with van der Waals surface area (Å²) in [6, 6.07) is 7.29. The summed E-state index contributed by atoms with van der Waals surface area (Å²) in [6.07, 6.45) is 5.45. The van der Waals surface area contributed by atoms with Crippen LogP contribution in [0.25, 0.3) is 0 Å². The van der Waals surface area contributed by atoms with Crippen LogP contribution >= 0.6 is 0 Å². The van der Waals surface area contributed by atoms with Crippen molar-refractivity contribution >= 4 is 17.5 Å². The average Bonchev–Trinajstić information content (AvgIpc) is 2.63. The molecule has 1 aliphatic heterocycles. The monoisotopic (exact) mass is 326 g/mol. The number of anilines is 2. The van der Waals surface area contributed by atoms with Crippen LogP contribution in [0.15, 0.2) is 36.7 Å². The van der Waals surface area contributed by atoms with E-state index in [0.29, 0.717) is 22.9 Å². The first-order chi connectivity index (χ1) is 11.7. The summed E-state index contributed by atoms with van der Waals surface area (Å²) < 4.78 is 5.24. The molecular weight excluding hydrogens is 304 g/mol. The molecule has 6 nitrogen and oxygen atoms in total. The van der Waals surface area contributed by atoms with Crippen molar-refractivity contribution in [1.29, 1.82) is 0 Å². The molecule has 1 aromatic heterocycles. The molecule has 1 saturated heterocycles. The Balaban J connectivity index is 1.68. The number of ether oxygens (including phenoxy) is 1. The number of nitrogens with one attached hydrogen (secondary N) is 1. The second kappa shape index (κ2) is 7.29. The first kappa shape index (κ1) is 16.2. The Labute approximate surface area is 141 Å². The van der Waals surface area contributed by atoms with Gasteiger partial charge in [0, 0.05) is 25.5 Å². The minimum Gasteiger partial charge on any atom is -0.495 e. The number of piperidine rings is 1. The predicted octanol–water partition coefficient (Wildman–Crippen LogP) is 2.97. The number of para-hydroxylation sites is 2. The van der Waals surface area contributed by atoms with Crippen LogP contribution in [0.4, 0.5) is 11.6 Å². The van der Waals surface area contributed by atoms with Crippen molar-refractivity contribution in [2.75, 3.05) is 30.4 Å². The molecule has 0 atom stereocenters. The van der Waals surface area contributed by atoms with Gasteiger partial charge in [0.1, 0.15) is 5.75 Å². The topological polar surface area (TPSA) is 67.3 Å². The number of amides is 1. The molecule has 1 aliphatic rings. The molecule has 0 unspecified atom stereocenters. The second-order valence-corrected chi connectivity index (χ2v) is 6.10. The lowest BCUT2D eigenvalue weighted by Gasteiger charge is -2.30. The van der Waals surface area contributed by atoms with E-state index in [1.54, 1.807) is 31.6 Å². The highest BCUT2D eigenvalue weighted by atomic mass is 16.5. The molecule has 2 heterocycles. The molecule has 1 N–H and O–H groups in total. The van der Waals surface area contributed by atoms with Crippen LogP contribution in [0, 0.1) is 5.92 Å². The molecule has 24 heavy (non-hydrogen) atoms. The number of carbonyl (C=O) groups is 1. The summed E-state index contributed by atoms with van der Waals surface area (Å²) in [7, 11) is 1.57. The maximum atomic E-state index is 12.4. The lowest BCUT2D eigenvalue weighted by molar-refractivity contribution is 0.102. The van der Waals surface area contributed by atoms with Crippen LogP contribution in [0.1, 0.15) is 30.1 Å². The number of nitrogens with zero attached hydrogens (tertiary/aromatic N) is 3. The summed E-state index contributed by atoms with van der Waals surface area (Å²) in [5.41, 5.74) is 1.05. The van der Waals surface area contributed by atoms with Crippen molar-refractivity contribution in [2.45, 2.75) is 19.8 Å². The van der Waals surface area contributed by atoms with E-state index in [1.165, 1.54) is 0 Å². The van der Waals surface area contributed by atoms with E-state index in [-0.39, 0.29) is 5.91 Å². The molecule has 1 amide bonds. The van der Waals surface area contributed by atoms with Crippen molar-refractivity contribution in [3.63, 3.8) is 0 Å². The van der Waals surface area contributed by atoms with Gasteiger partial charge in [-0.15, -0.1) is 0 Å². The van der Waals surface area contributed by atoms with E-state index < -0.39 is 0 Å². The Hall–Kier alpha value is -2.63. The van der Waals surface area contributed by atoms with Crippen molar-refractivity contribution in [2.24, 2.45) is 5.92 Å². The summed E-state index contributed by atoms with van der Waals surface area (Å²) in [6.45, 7) is 4.20. The zero-order valence-corrected chi connectivity index (χ0v) is 14.0. The number of aromatic nitrogens is 2. The normalized spacial score (nSPS) is 15.2. The van der Waals surface area contributed by atoms with Crippen molar-refractivity contribution in [3.05, 3.63) is 42.2 Å². The number of hydrogen-bond acceptors (Lipinski definition) is 5. The fourth-order valence-corrected chi connectivity index (χ4v) is 2.75. The SMILES string of the molecule is COc1ccccc1NC(=O)c1cnc(N2CCC(C)CC2)nc1. The van der Waals surface area contributed by atoms with E-state index >= 15 is 0 Å². The maximum Gasteiger partial charge on any atom is 0.258 e. The van der Waals surface area contributed by atoms with Gasteiger partial charge in [0.05, 0.1) is 18.4 Å². The Morgan fingerprint density at radius 3 is 2.54 bits per heavy atom. The summed E-state index contributed by atoms with van der Waals surface area (Å²) in [5, 5.41) is 2.82. The van der Waals surface area contributed by atoms with Crippen LogP contribution in [0.2, 0.25) is 0 Å². The highest BCUT2D eigenvalue weighted by molar-refractivity contribution is 6.04. The van der Waals surface area contributed by atoms with Crippen LogP contribution in [-0.4, -0.2) is 36.1 Å². The van der Waals surface area contributed by atoms with Crippen molar-refractivity contribution < 1.29 is 9.53 Å². The van der Waals surface area contributed by atoms with Gasteiger partial charge >= 0.3 is 0 Å². The lowest BCUT2D eigenvalue weighted by atomic mass is 10.00. The molecule has 6 heteroatoms. The first-order valence-corrected chi connectivity index (χ1v) is 8.18. The molecule has 1 fully saturated rings. The fraction of sp³-hybridized carbons (Fsp3) is 0.389. The highest BCUT2D eigenvalue weighted by Gasteiger charge is 2.18. The van der Waals surface area contributed by atoms with Crippen LogP contribution < -0.4 is 15.0 Å². The fourth-order valence-electron chi connectivity index (χ4n) is 2.75. The molecule has 0 saturated carbocycles. The Bertz CT molecular complexity index is 694. The van der Waals surface area contributed by atoms with Crippen LogP contribution in [0.3, 0.4) is 0 Å². The van der Waals surface area contributed by atoms with Gasteiger partial charge in [-0.2, -0.15) is 0 Å². The zero-order valence-electron chi connectivity index (χ0n) is 14.0. The molecule has 126 valence electrons. The van der Waals surface area contributed by atoms with Crippen LogP contribution in [-0.2, 0) is 0 Å². The van der Waals surface area contributed by atoms with Crippen LogP contribution in [0.5, 0.6) is 5.75 Å². The summed E-state index contributed by atoms with van der Waals surface area (Å²) >= 11 is 0. The lowest BCUT2D eigenvalue weighted by Crippen LogP contribution is -2.34. The van der Waals surface area contributed by atoms with Gasteiger partial charge in [-0.3, -0.25) is 4.79 Å². The minimum absolute atomic E-state index is 0.252. The van der Waals surface area contributed by atoms with Gasteiger partial charge in [0.25, 0.3) is 5.91 Å². The van der Waals surface area contributed by atoms with E-state index in [1.807, 2.05) is 12.1 Å². The maximum absolute atomic E-state index is 12.4. The van der Waals surface area contributed by atoms with Gasteiger partial charge in [-0.1, -0.05) is 19.1 Å². The van der Waals surface area contributed by atoms with Gasteiger partial charge in [-0.05, 0) is 30.9 Å². The predicted molar refractivity (Wildman–Crippen MR) is 93.6 cm³/mol. The molecule has 0 spiro atoms. The largest absolute Gasteiger partial charge is 0.495 e. The Morgan fingerprint density at radius 2 is 1.88 bits per heavy atom. The zero-order chi connectivity index (χ0) is 16.9. The third-order valence-electron chi connectivity index (χ3n) is 4.32. The van der Waals surface area contributed by atoms with E-state index in [2.05, 4.69) is 27.1 Å². The van der Waals surface area contributed by atoms with Crippen molar-refractivity contribution in [3.8, 4) is 5.75 Å². The summed E-state index contributed by atoms with van der Waals surface area (Å²) in [4.78, 5) is 23.2. The number of hydrogen-bond donors (Lipinski definition) is 1. The molecule has 2 aromatic rings. The smallest absolute Gasteiger partial charge is 0.258 e.